The third-order valence-electron chi connectivity index (χ3n) is 2.89. The van der Waals surface area contributed by atoms with Crippen LogP contribution < -0.4 is 10.6 Å². The van der Waals surface area contributed by atoms with Gasteiger partial charge in [-0.15, -0.1) is 0 Å². The normalized spacial score (nSPS) is 11.8. The van der Waals surface area contributed by atoms with Gasteiger partial charge >= 0.3 is 12.0 Å². The number of carbonyl (C=O) groups excluding carboxylic acids is 1. The van der Waals surface area contributed by atoms with Crippen LogP contribution in [0.2, 0.25) is 0 Å². The standard InChI is InChI=1S/C14H19FN2O3/c1-9-5-6-12(11(15)8-9)17-14(20)16-7-3-4-10(2)13(18)19/h5-6,8,10H,3-4,7H2,1-2H3,(H,18,19)(H2,16,17,20). The van der Waals surface area contributed by atoms with Crippen molar-refractivity contribution in [2.24, 2.45) is 5.92 Å². The molecule has 3 N–H and O–H groups in total. The molecule has 0 aromatic heterocycles. The number of hydrogen-bond acceptors (Lipinski definition) is 2. The Balaban J connectivity index is 2.32. The van der Waals surface area contributed by atoms with Gasteiger partial charge in [0.1, 0.15) is 5.82 Å². The highest BCUT2D eigenvalue weighted by atomic mass is 19.1. The minimum absolute atomic E-state index is 0.118. The van der Waals surface area contributed by atoms with Gasteiger partial charge in [0.05, 0.1) is 11.6 Å². The van der Waals surface area contributed by atoms with E-state index in [1.54, 1.807) is 19.9 Å². The molecule has 1 unspecified atom stereocenters. The molecule has 0 saturated heterocycles. The monoisotopic (exact) mass is 282 g/mol. The molecule has 0 spiro atoms. The Morgan fingerprint density at radius 2 is 2.10 bits per heavy atom. The molecule has 6 heteroatoms. The van der Waals surface area contributed by atoms with Crippen LogP contribution in [0.1, 0.15) is 25.3 Å². The second-order valence-corrected chi connectivity index (χ2v) is 4.75. The van der Waals surface area contributed by atoms with Crippen LogP contribution in [0.25, 0.3) is 0 Å². The maximum Gasteiger partial charge on any atom is 0.319 e. The van der Waals surface area contributed by atoms with Crippen molar-refractivity contribution in [2.75, 3.05) is 11.9 Å². The molecule has 1 aromatic carbocycles. The quantitative estimate of drug-likeness (QED) is 0.702. The molecule has 0 radical (unpaired) electrons. The van der Waals surface area contributed by atoms with Crippen molar-refractivity contribution in [1.29, 1.82) is 0 Å². The highest BCUT2D eigenvalue weighted by Gasteiger charge is 2.10. The Bertz CT molecular complexity index is 491. The smallest absolute Gasteiger partial charge is 0.319 e. The summed E-state index contributed by atoms with van der Waals surface area (Å²) in [5.74, 6) is -1.77. The first-order chi connectivity index (χ1) is 9.40. The number of aliphatic carboxylic acids is 1. The van der Waals surface area contributed by atoms with Gasteiger partial charge in [-0.2, -0.15) is 0 Å². The average molecular weight is 282 g/mol. The van der Waals surface area contributed by atoms with Gasteiger partial charge in [-0.3, -0.25) is 4.79 Å². The topological polar surface area (TPSA) is 78.4 Å². The number of carboxylic acids is 1. The van der Waals surface area contributed by atoms with Crippen LogP contribution in [0.3, 0.4) is 0 Å². The first-order valence-electron chi connectivity index (χ1n) is 6.44. The van der Waals surface area contributed by atoms with Crippen molar-refractivity contribution >= 4 is 17.7 Å². The maximum atomic E-state index is 13.5. The molecular formula is C14H19FN2O3. The molecule has 1 rings (SSSR count). The highest BCUT2D eigenvalue weighted by molar-refractivity contribution is 5.89. The zero-order valence-electron chi connectivity index (χ0n) is 11.6. The molecule has 1 aromatic rings. The van der Waals surface area contributed by atoms with Gasteiger partial charge in [0.15, 0.2) is 0 Å². The number of halogens is 1. The number of hydrogen-bond donors (Lipinski definition) is 3. The van der Waals surface area contributed by atoms with Gasteiger partial charge < -0.3 is 15.7 Å². The van der Waals surface area contributed by atoms with Crippen molar-refractivity contribution in [3.8, 4) is 0 Å². The maximum absolute atomic E-state index is 13.5. The summed E-state index contributed by atoms with van der Waals surface area (Å²) in [6, 6.07) is 4.03. The fraction of sp³-hybridized carbons (Fsp3) is 0.429. The fourth-order valence-electron chi connectivity index (χ4n) is 1.62. The summed E-state index contributed by atoms with van der Waals surface area (Å²) in [5.41, 5.74) is 0.892. The third-order valence-corrected chi connectivity index (χ3v) is 2.89. The van der Waals surface area contributed by atoms with E-state index in [1.807, 2.05) is 0 Å². The summed E-state index contributed by atoms with van der Waals surface area (Å²) in [6.07, 6.45) is 1.03. The summed E-state index contributed by atoms with van der Waals surface area (Å²) in [4.78, 5) is 22.1. The highest BCUT2D eigenvalue weighted by Crippen LogP contribution is 2.14. The first-order valence-corrected chi connectivity index (χ1v) is 6.44. The van der Waals surface area contributed by atoms with E-state index in [0.717, 1.165) is 5.56 Å². The summed E-state index contributed by atoms with van der Waals surface area (Å²) < 4.78 is 13.5. The largest absolute Gasteiger partial charge is 0.481 e. The average Bonchev–Trinajstić information content (AvgIpc) is 2.37. The van der Waals surface area contributed by atoms with Gasteiger partial charge in [-0.1, -0.05) is 13.0 Å². The number of nitrogens with one attached hydrogen (secondary N) is 2. The molecular weight excluding hydrogens is 263 g/mol. The molecule has 0 heterocycles. The van der Waals surface area contributed by atoms with Crippen LogP contribution in [0, 0.1) is 18.7 Å². The van der Waals surface area contributed by atoms with Crippen LogP contribution >= 0.6 is 0 Å². The Hall–Kier alpha value is -2.11. The predicted molar refractivity (Wildman–Crippen MR) is 74.2 cm³/mol. The minimum Gasteiger partial charge on any atom is -0.481 e. The molecule has 0 bridgehead atoms. The van der Waals surface area contributed by atoms with E-state index < -0.39 is 23.7 Å². The number of carbonyl (C=O) groups is 2. The Kier molecular flexibility index (Phi) is 5.96. The molecule has 20 heavy (non-hydrogen) atoms. The van der Waals surface area contributed by atoms with E-state index in [2.05, 4.69) is 10.6 Å². The summed E-state index contributed by atoms with van der Waals surface area (Å²) in [5, 5.41) is 13.7. The van der Waals surface area contributed by atoms with Crippen LogP contribution in [0.4, 0.5) is 14.9 Å². The van der Waals surface area contributed by atoms with Crippen molar-refractivity contribution in [3.05, 3.63) is 29.6 Å². The Morgan fingerprint density at radius 1 is 1.40 bits per heavy atom. The Morgan fingerprint density at radius 3 is 2.70 bits per heavy atom. The van der Waals surface area contributed by atoms with Gasteiger partial charge in [-0.05, 0) is 37.5 Å². The van der Waals surface area contributed by atoms with E-state index >= 15 is 0 Å². The minimum atomic E-state index is -0.851. The molecule has 1 atom stereocenters. The molecule has 0 fully saturated rings. The number of rotatable bonds is 6. The van der Waals surface area contributed by atoms with E-state index in [1.165, 1.54) is 12.1 Å². The molecule has 0 saturated carbocycles. The second kappa shape index (κ2) is 7.47. The fourth-order valence-corrected chi connectivity index (χ4v) is 1.62. The molecule has 0 aliphatic heterocycles. The van der Waals surface area contributed by atoms with Crippen LogP contribution in [0.15, 0.2) is 18.2 Å². The number of urea groups is 1. The van der Waals surface area contributed by atoms with E-state index in [-0.39, 0.29) is 5.69 Å². The first kappa shape index (κ1) is 15.9. The zero-order valence-corrected chi connectivity index (χ0v) is 11.6. The lowest BCUT2D eigenvalue weighted by Crippen LogP contribution is -2.30. The zero-order chi connectivity index (χ0) is 15.1. The SMILES string of the molecule is Cc1ccc(NC(=O)NCCCC(C)C(=O)O)c(F)c1. The van der Waals surface area contributed by atoms with Gasteiger partial charge in [-0.25, -0.2) is 9.18 Å². The number of aryl methyl sites for hydroxylation is 1. The van der Waals surface area contributed by atoms with Crippen LogP contribution in [-0.2, 0) is 4.79 Å². The van der Waals surface area contributed by atoms with Crippen molar-refractivity contribution in [3.63, 3.8) is 0 Å². The number of anilines is 1. The number of amides is 2. The van der Waals surface area contributed by atoms with Gasteiger partial charge in [0, 0.05) is 6.54 Å². The van der Waals surface area contributed by atoms with Crippen LogP contribution in [-0.4, -0.2) is 23.7 Å². The van der Waals surface area contributed by atoms with Gasteiger partial charge in [0.25, 0.3) is 0 Å². The van der Waals surface area contributed by atoms with E-state index in [9.17, 15) is 14.0 Å². The van der Waals surface area contributed by atoms with Crippen molar-refractivity contribution in [1.82, 2.24) is 5.32 Å². The Labute approximate surface area is 117 Å². The lowest BCUT2D eigenvalue weighted by Gasteiger charge is -2.09. The molecule has 110 valence electrons. The van der Waals surface area contributed by atoms with Gasteiger partial charge in [0.2, 0.25) is 0 Å². The third kappa shape index (κ3) is 5.26. The molecule has 0 aliphatic rings. The lowest BCUT2D eigenvalue weighted by atomic mass is 10.1. The number of benzene rings is 1. The summed E-state index contributed by atoms with van der Waals surface area (Å²) in [6.45, 7) is 3.72. The summed E-state index contributed by atoms with van der Waals surface area (Å²) in [7, 11) is 0. The molecule has 5 nitrogen and oxygen atoms in total. The molecule has 0 aliphatic carbocycles. The van der Waals surface area contributed by atoms with E-state index in [4.69, 9.17) is 5.11 Å². The van der Waals surface area contributed by atoms with Crippen molar-refractivity contribution < 1.29 is 19.1 Å². The van der Waals surface area contributed by atoms with Crippen LogP contribution in [0.5, 0.6) is 0 Å². The van der Waals surface area contributed by atoms with E-state index in [0.29, 0.717) is 19.4 Å². The van der Waals surface area contributed by atoms with Crippen molar-refractivity contribution in [2.45, 2.75) is 26.7 Å². The second-order valence-electron chi connectivity index (χ2n) is 4.75. The number of carboxylic acid groups (broad SMARTS) is 1. The summed E-state index contributed by atoms with van der Waals surface area (Å²) >= 11 is 0. The molecule has 2 amide bonds. The predicted octanol–water partition coefficient (Wildman–Crippen LogP) is 2.76. The lowest BCUT2D eigenvalue weighted by molar-refractivity contribution is -0.141.